The summed E-state index contributed by atoms with van der Waals surface area (Å²) in [4.78, 5) is 23.2. The first-order chi connectivity index (χ1) is 14.6. The molecule has 1 N–H and O–H groups in total. The van der Waals surface area contributed by atoms with Crippen molar-refractivity contribution < 1.29 is 14.3 Å². The molecule has 3 aromatic carbocycles. The lowest BCUT2D eigenvalue weighted by molar-refractivity contribution is -0.115. The van der Waals surface area contributed by atoms with Gasteiger partial charge in [0.25, 0.3) is 11.1 Å². The zero-order chi connectivity index (χ0) is 20.9. The fourth-order valence-corrected chi connectivity index (χ4v) is 3.69. The standard InChI is InChI=1S/C24H16N2O3S/c25-14-19-3-1-2-4-21(19)18-9-5-17(6-10-18)15-29-20-11-7-16(8-12-20)13-22-23(27)26-24(28)30-22/h1-13H,15H2,(H,26,27,28)/b22-13-. The van der Waals surface area contributed by atoms with Crippen molar-refractivity contribution in [3.63, 3.8) is 0 Å². The summed E-state index contributed by atoms with van der Waals surface area (Å²) in [7, 11) is 0. The minimum atomic E-state index is -0.369. The number of hydrogen-bond donors (Lipinski definition) is 1. The highest BCUT2D eigenvalue weighted by molar-refractivity contribution is 8.18. The van der Waals surface area contributed by atoms with E-state index in [2.05, 4.69) is 11.4 Å². The van der Waals surface area contributed by atoms with Crippen LogP contribution in [0.2, 0.25) is 0 Å². The number of nitriles is 1. The van der Waals surface area contributed by atoms with Crippen LogP contribution < -0.4 is 10.1 Å². The zero-order valence-electron chi connectivity index (χ0n) is 15.8. The van der Waals surface area contributed by atoms with Crippen molar-refractivity contribution in [3.8, 4) is 22.9 Å². The molecule has 1 saturated heterocycles. The number of carbonyl (C=O) groups excluding carboxylic acids is 2. The van der Waals surface area contributed by atoms with Crippen molar-refractivity contribution in [1.29, 1.82) is 5.26 Å². The van der Waals surface area contributed by atoms with Crippen LogP contribution in [-0.4, -0.2) is 11.1 Å². The van der Waals surface area contributed by atoms with Crippen molar-refractivity contribution in [3.05, 3.63) is 94.4 Å². The van der Waals surface area contributed by atoms with E-state index in [0.29, 0.717) is 22.8 Å². The van der Waals surface area contributed by atoms with E-state index >= 15 is 0 Å². The molecule has 5 nitrogen and oxygen atoms in total. The number of hydrogen-bond acceptors (Lipinski definition) is 5. The first kappa shape index (κ1) is 19.5. The molecule has 3 aromatic rings. The summed E-state index contributed by atoms with van der Waals surface area (Å²) in [5.41, 5.74) is 4.37. The third-order valence-electron chi connectivity index (χ3n) is 4.54. The van der Waals surface area contributed by atoms with Gasteiger partial charge >= 0.3 is 0 Å². The van der Waals surface area contributed by atoms with Crippen LogP contribution in [0, 0.1) is 11.3 Å². The van der Waals surface area contributed by atoms with E-state index in [1.54, 1.807) is 6.08 Å². The number of nitrogens with one attached hydrogen (secondary N) is 1. The molecule has 146 valence electrons. The lowest BCUT2D eigenvalue weighted by Gasteiger charge is -2.08. The second-order valence-electron chi connectivity index (χ2n) is 6.56. The summed E-state index contributed by atoms with van der Waals surface area (Å²) in [6.45, 7) is 0.410. The van der Waals surface area contributed by atoms with Crippen molar-refractivity contribution in [2.75, 3.05) is 0 Å². The van der Waals surface area contributed by atoms with Gasteiger partial charge in [-0.05, 0) is 58.3 Å². The SMILES string of the molecule is N#Cc1ccccc1-c1ccc(COc2ccc(/C=C3\SC(=O)NC3=O)cc2)cc1. The zero-order valence-corrected chi connectivity index (χ0v) is 16.6. The van der Waals surface area contributed by atoms with Crippen LogP contribution in [-0.2, 0) is 11.4 Å². The minimum absolute atomic E-state index is 0.353. The number of nitrogens with zero attached hydrogens (tertiary/aromatic N) is 1. The quantitative estimate of drug-likeness (QED) is 0.588. The lowest BCUT2D eigenvalue weighted by atomic mass is 9.99. The second-order valence-corrected chi connectivity index (χ2v) is 7.58. The van der Waals surface area contributed by atoms with Crippen LogP contribution in [0.5, 0.6) is 5.75 Å². The molecule has 0 aromatic heterocycles. The van der Waals surface area contributed by atoms with Crippen LogP contribution in [0.1, 0.15) is 16.7 Å². The molecule has 1 heterocycles. The Kier molecular flexibility index (Phi) is 5.64. The van der Waals surface area contributed by atoms with E-state index in [9.17, 15) is 14.9 Å². The Labute approximate surface area is 178 Å². The predicted molar refractivity (Wildman–Crippen MR) is 116 cm³/mol. The topological polar surface area (TPSA) is 79.2 Å². The summed E-state index contributed by atoms with van der Waals surface area (Å²) < 4.78 is 5.83. The summed E-state index contributed by atoms with van der Waals surface area (Å²) >= 11 is 0.894. The van der Waals surface area contributed by atoms with Gasteiger partial charge in [-0.3, -0.25) is 14.9 Å². The van der Waals surface area contributed by atoms with Gasteiger partial charge in [0.1, 0.15) is 12.4 Å². The molecule has 1 aliphatic heterocycles. The van der Waals surface area contributed by atoms with E-state index in [1.165, 1.54) is 0 Å². The van der Waals surface area contributed by atoms with Gasteiger partial charge < -0.3 is 4.74 Å². The van der Waals surface area contributed by atoms with Crippen molar-refractivity contribution >= 4 is 29.0 Å². The van der Waals surface area contributed by atoms with Gasteiger partial charge in [-0.15, -0.1) is 0 Å². The molecule has 0 aliphatic carbocycles. The first-order valence-electron chi connectivity index (χ1n) is 9.18. The summed E-state index contributed by atoms with van der Waals surface area (Å²) in [5.74, 6) is 0.335. The van der Waals surface area contributed by atoms with Gasteiger partial charge in [-0.2, -0.15) is 5.26 Å². The van der Waals surface area contributed by atoms with Crippen LogP contribution in [0.3, 0.4) is 0 Å². The maximum Gasteiger partial charge on any atom is 0.290 e. The van der Waals surface area contributed by atoms with E-state index in [0.717, 1.165) is 34.0 Å². The molecule has 2 amide bonds. The van der Waals surface area contributed by atoms with E-state index < -0.39 is 0 Å². The van der Waals surface area contributed by atoms with E-state index in [1.807, 2.05) is 72.8 Å². The minimum Gasteiger partial charge on any atom is -0.489 e. The average Bonchev–Trinajstić information content (AvgIpc) is 3.10. The molecular weight excluding hydrogens is 396 g/mol. The monoisotopic (exact) mass is 412 g/mol. The summed E-state index contributed by atoms with van der Waals surface area (Å²) in [6, 6.07) is 25.0. The maximum atomic E-state index is 11.6. The Morgan fingerprint density at radius 2 is 1.70 bits per heavy atom. The molecule has 0 unspecified atom stereocenters. The third-order valence-corrected chi connectivity index (χ3v) is 5.35. The highest BCUT2D eigenvalue weighted by Crippen LogP contribution is 2.27. The molecule has 6 heteroatoms. The average molecular weight is 412 g/mol. The van der Waals surface area contributed by atoms with Crippen molar-refractivity contribution in [2.24, 2.45) is 0 Å². The Bertz CT molecular complexity index is 1180. The summed E-state index contributed by atoms with van der Waals surface area (Å²) in [5, 5.41) is 11.1. The van der Waals surface area contributed by atoms with Gasteiger partial charge in [0.05, 0.1) is 16.5 Å². The normalized spacial score (nSPS) is 14.4. The molecule has 0 radical (unpaired) electrons. The predicted octanol–water partition coefficient (Wildman–Crippen LogP) is 5.13. The Hall–Kier alpha value is -3.82. The van der Waals surface area contributed by atoms with Gasteiger partial charge in [-0.25, -0.2) is 0 Å². The van der Waals surface area contributed by atoms with E-state index in [-0.39, 0.29) is 11.1 Å². The van der Waals surface area contributed by atoms with Gasteiger partial charge in [0.2, 0.25) is 0 Å². The highest BCUT2D eigenvalue weighted by Gasteiger charge is 2.24. The Balaban J connectivity index is 1.39. The van der Waals surface area contributed by atoms with Gasteiger partial charge in [0, 0.05) is 0 Å². The fraction of sp³-hybridized carbons (Fsp3) is 0.0417. The fourth-order valence-electron chi connectivity index (χ4n) is 3.01. The Morgan fingerprint density at radius 3 is 2.37 bits per heavy atom. The van der Waals surface area contributed by atoms with Crippen LogP contribution >= 0.6 is 11.8 Å². The second kappa shape index (κ2) is 8.68. The molecule has 0 bridgehead atoms. The number of imide groups is 1. The first-order valence-corrected chi connectivity index (χ1v) is 10.0. The Morgan fingerprint density at radius 1 is 0.967 bits per heavy atom. The molecule has 1 aliphatic rings. The number of carbonyl (C=O) groups is 2. The van der Waals surface area contributed by atoms with Crippen LogP contribution in [0.25, 0.3) is 17.2 Å². The highest BCUT2D eigenvalue weighted by atomic mass is 32.2. The molecule has 30 heavy (non-hydrogen) atoms. The smallest absolute Gasteiger partial charge is 0.290 e. The van der Waals surface area contributed by atoms with Gasteiger partial charge in [-0.1, -0.05) is 54.6 Å². The number of rotatable bonds is 5. The van der Waals surface area contributed by atoms with Crippen molar-refractivity contribution in [1.82, 2.24) is 5.32 Å². The molecule has 0 spiro atoms. The molecule has 0 atom stereocenters. The number of amides is 2. The lowest BCUT2D eigenvalue weighted by Crippen LogP contribution is -2.17. The van der Waals surface area contributed by atoms with Crippen LogP contribution in [0.15, 0.2) is 77.7 Å². The number of thioether (sulfide) groups is 1. The number of ether oxygens (including phenoxy) is 1. The molecule has 0 saturated carbocycles. The molecular formula is C24H16N2O3S. The number of benzene rings is 3. The molecule has 1 fully saturated rings. The summed E-state index contributed by atoms with van der Waals surface area (Å²) in [6.07, 6.45) is 1.67. The van der Waals surface area contributed by atoms with Gasteiger partial charge in [0.15, 0.2) is 0 Å². The van der Waals surface area contributed by atoms with E-state index in [4.69, 9.17) is 4.74 Å². The third kappa shape index (κ3) is 4.43. The largest absolute Gasteiger partial charge is 0.489 e. The molecule has 4 rings (SSSR count). The van der Waals surface area contributed by atoms with Crippen LogP contribution in [0.4, 0.5) is 4.79 Å². The van der Waals surface area contributed by atoms with Crippen molar-refractivity contribution in [2.45, 2.75) is 6.61 Å². The maximum absolute atomic E-state index is 11.6.